The predicted octanol–water partition coefficient (Wildman–Crippen LogP) is 2.88. The molecule has 2 fully saturated rings. The molecular weight excluding hydrogens is 316 g/mol. The Morgan fingerprint density at radius 1 is 1.28 bits per heavy atom. The summed E-state index contributed by atoms with van der Waals surface area (Å²) in [6.07, 6.45) is 8.32. The molecule has 4 rings (SSSR count). The van der Waals surface area contributed by atoms with Crippen LogP contribution in [-0.2, 0) is 6.42 Å². The lowest BCUT2D eigenvalue weighted by atomic mass is 9.78. The monoisotopic (exact) mass is 342 g/mol. The van der Waals surface area contributed by atoms with E-state index in [1.54, 1.807) is 6.20 Å². The van der Waals surface area contributed by atoms with E-state index in [0.29, 0.717) is 11.3 Å². The van der Waals surface area contributed by atoms with Crippen LogP contribution >= 0.6 is 0 Å². The van der Waals surface area contributed by atoms with Crippen molar-refractivity contribution in [2.75, 3.05) is 26.7 Å². The molecule has 1 aliphatic carbocycles. The lowest BCUT2D eigenvalue weighted by Crippen LogP contribution is -2.63. The Morgan fingerprint density at radius 2 is 2.08 bits per heavy atom. The van der Waals surface area contributed by atoms with Crippen LogP contribution in [0.3, 0.4) is 0 Å². The van der Waals surface area contributed by atoms with Gasteiger partial charge in [0.05, 0.1) is 22.2 Å². The Hall–Kier alpha value is -1.95. The first-order valence-corrected chi connectivity index (χ1v) is 9.38. The normalized spacial score (nSPS) is 21.1. The number of carbonyl (C=O) groups is 1. The van der Waals surface area contributed by atoms with E-state index in [9.17, 15) is 4.79 Å². The minimum Gasteiger partial charge on any atom is -0.336 e. The quantitative estimate of drug-likeness (QED) is 0.840. The first kappa shape index (κ1) is 16.5. The van der Waals surface area contributed by atoms with Crippen LogP contribution in [0.2, 0.25) is 0 Å². The number of piperazine rings is 1. The molecule has 1 saturated carbocycles. The summed E-state index contributed by atoms with van der Waals surface area (Å²) in [5.74, 6) is 0.104. The first-order chi connectivity index (χ1) is 12.1. The van der Waals surface area contributed by atoms with Gasteiger partial charge in [-0.15, -0.1) is 0 Å². The Balaban J connectivity index is 1.68. The van der Waals surface area contributed by atoms with Gasteiger partial charge in [-0.05, 0) is 32.4 Å². The fraction of sp³-hybridized carbons (Fsp3) is 0.632. The second-order valence-corrected chi connectivity index (χ2v) is 7.54. The van der Waals surface area contributed by atoms with Crippen LogP contribution in [0.4, 0.5) is 0 Å². The molecule has 2 aromatic rings. The smallest absolute Gasteiger partial charge is 0.257 e. The summed E-state index contributed by atoms with van der Waals surface area (Å²) < 4.78 is 5.25. The molecular formula is C19H26N4O2. The number of rotatable bonds is 2. The lowest BCUT2D eigenvalue weighted by molar-refractivity contribution is -0.00779. The highest BCUT2D eigenvalue weighted by atomic mass is 16.5. The van der Waals surface area contributed by atoms with Crippen LogP contribution in [0.5, 0.6) is 0 Å². The standard InChI is InChI=1S/C19H26N4O2/c1-3-16-15-11-14(12-20-17(15)25-21-16)18(24)23-10-9-22(2)13-19(23)7-5-4-6-8-19/h11-12H,3-10,13H2,1-2H3. The number of aryl methyl sites for hydroxylation is 1. The van der Waals surface area contributed by atoms with E-state index < -0.39 is 0 Å². The molecule has 2 aliphatic rings. The third kappa shape index (κ3) is 2.82. The van der Waals surface area contributed by atoms with Gasteiger partial charge >= 0.3 is 0 Å². The number of fused-ring (bicyclic) bond motifs is 1. The third-order valence-electron chi connectivity index (χ3n) is 5.86. The maximum Gasteiger partial charge on any atom is 0.257 e. The third-order valence-corrected chi connectivity index (χ3v) is 5.86. The lowest BCUT2D eigenvalue weighted by Gasteiger charge is -2.52. The SMILES string of the molecule is CCc1noc2ncc(C(=O)N3CCN(C)CC34CCCCC4)cc12. The average Bonchev–Trinajstić information content (AvgIpc) is 3.04. The molecule has 1 saturated heterocycles. The van der Waals surface area contributed by atoms with Gasteiger partial charge in [0.1, 0.15) is 0 Å². The Bertz CT molecular complexity index is 779. The van der Waals surface area contributed by atoms with E-state index in [1.165, 1.54) is 19.3 Å². The number of hydrogen-bond acceptors (Lipinski definition) is 5. The molecule has 0 radical (unpaired) electrons. The highest BCUT2D eigenvalue weighted by Gasteiger charge is 2.44. The second kappa shape index (κ2) is 6.41. The number of amides is 1. The first-order valence-electron chi connectivity index (χ1n) is 9.38. The van der Waals surface area contributed by atoms with Gasteiger partial charge in [0.2, 0.25) is 0 Å². The van der Waals surface area contributed by atoms with Crippen molar-refractivity contribution in [2.24, 2.45) is 0 Å². The van der Waals surface area contributed by atoms with E-state index in [0.717, 1.165) is 50.0 Å². The van der Waals surface area contributed by atoms with Crippen molar-refractivity contribution in [1.82, 2.24) is 19.9 Å². The predicted molar refractivity (Wildman–Crippen MR) is 95.5 cm³/mol. The summed E-state index contributed by atoms with van der Waals surface area (Å²) in [7, 11) is 2.16. The zero-order chi connectivity index (χ0) is 17.4. The molecule has 3 heterocycles. The van der Waals surface area contributed by atoms with Crippen molar-refractivity contribution in [3.8, 4) is 0 Å². The molecule has 2 aromatic heterocycles. The minimum absolute atomic E-state index is 0.0144. The zero-order valence-corrected chi connectivity index (χ0v) is 15.1. The number of carbonyl (C=O) groups excluding carboxylic acids is 1. The molecule has 1 aliphatic heterocycles. The zero-order valence-electron chi connectivity index (χ0n) is 15.1. The molecule has 0 unspecified atom stereocenters. The number of likely N-dealkylation sites (N-methyl/N-ethyl adjacent to an activating group) is 1. The molecule has 1 amide bonds. The van der Waals surface area contributed by atoms with E-state index in [-0.39, 0.29) is 11.4 Å². The summed E-state index contributed by atoms with van der Waals surface area (Å²) in [5, 5.41) is 4.91. The van der Waals surface area contributed by atoms with E-state index in [2.05, 4.69) is 27.0 Å². The molecule has 6 heteroatoms. The van der Waals surface area contributed by atoms with Gasteiger partial charge in [-0.3, -0.25) is 4.79 Å². The molecule has 134 valence electrons. The highest BCUT2D eigenvalue weighted by molar-refractivity contribution is 5.97. The van der Waals surface area contributed by atoms with Crippen molar-refractivity contribution in [2.45, 2.75) is 51.0 Å². The molecule has 6 nitrogen and oxygen atoms in total. The van der Waals surface area contributed by atoms with Crippen molar-refractivity contribution in [3.05, 3.63) is 23.5 Å². The van der Waals surface area contributed by atoms with Gasteiger partial charge in [0, 0.05) is 25.8 Å². The number of pyridine rings is 1. The van der Waals surface area contributed by atoms with E-state index in [4.69, 9.17) is 4.52 Å². The Morgan fingerprint density at radius 3 is 2.84 bits per heavy atom. The van der Waals surface area contributed by atoms with Crippen LogP contribution < -0.4 is 0 Å². The number of nitrogens with zero attached hydrogens (tertiary/aromatic N) is 4. The molecule has 0 aromatic carbocycles. The second-order valence-electron chi connectivity index (χ2n) is 7.54. The number of hydrogen-bond donors (Lipinski definition) is 0. The summed E-state index contributed by atoms with van der Waals surface area (Å²) in [4.78, 5) is 22.2. The summed E-state index contributed by atoms with van der Waals surface area (Å²) >= 11 is 0. The topological polar surface area (TPSA) is 62.5 Å². The van der Waals surface area contributed by atoms with Gasteiger partial charge in [-0.2, -0.15) is 0 Å². The van der Waals surface area contributed by atoms with Crippen LogP contribution in [-0.4, -0.2) is 58.1 Å². The molecule has 0 bridgehead atoms. The van der Waals surface area contributed by atoms with E-state index in [1.807, 2.05) is 13.0 Å². The van der Waals surface area contributed by atoms with Crippen molar-refractivity contribution >= 4 is 17.0 Å². The maximum absolute atomic E-state index is 13.4. The van der Waals surface area contributed by atoms with Crippen molar-refractivity contribution in [1.29, 1.82) is 0 Å². The Kier molecular flexibility index (Phi) is 4.23. The summed E-state index contributed by atoms with van der Waals surface area (Å²) in [5.41, 5.74) is 2.02. The van der Waals surface area contributed by atoms with Crippen LogP contribution in [0, 0.1) is 0 Å². The summed E-state index contributed by atoms with van der Waals surface area (Å²) in [6.45, 7) is 4.72. The van der Waals surface area contributed by atoms with Crippen molar-refractivity contribution < 1.29 is 9.32 Å². The fourth-order valence-corrected chi connectivity index (χ4v) is 4.54. The van der Waals surface area contributed by atoms with Crippen LogP contribution in [0.25, 0.3) is 11.1 Å². The minimum atomic E-state index is -0.0144. The maximum atomic E-state index is 13.4. The van der Waals surface area contributed by atoms with Crippen molar-refractivity contribution in [3.63, 3.8) is 0 Å². The summed E-state index contributed by atoms with van der Waals surface area (Å²) in [6, 6.07) is 1.91. The van der Waals surface area contributed by atoms with E-state index >= 15 is 0 Å². The van der Waals surface area contributed by atoms with Crippen LogP contribution in [0.15, 0.2) is 16.8 Å². The average molecular weight is 342 g/mol. The van der Waals surface area contributed by atoms with Gasteiger partial charge in [0.25, 0.3) is 11.6 Å². The van der Waals surface area contributed by atoms with Gasteiger partial charge in [-0.1, -0.05) is 31.3 Å². The van der Waals surface area contributed by atoms with Gasteiger partial charge < -0.3 is 14.3 Å². The molecule has 0 N–H and O–H groups in total. The highest BCUT2D eigenvalue weighted by Crippen LogP contribution is 2.37. The van der Waals surface area contributed by atoms with Crippen LogP contribution in [0.1, 0.15) is 55.1 Å². The fourth-order valence-electron chi connectivity index (χ4n) is 4.54. The van der Waals surface area contributed by atoms with Gasteiger partial charge in [0.15, 0.2) is 0 Å². The largest absolute Gasteiger partial charge is 0.336 e. The Labute approximate surface area is 148 Å². The molecule has 0 atom stereocenters. The molecule has 1 spiro atoms. The van der Waals surface area contributed by atoms with Gasteiger partial charge in [-0.25, -0.2) is 4.98 Å². The molecule has 25 heavy (non-hydrogen) atoms. The number of aromatic nitrogens is 2.